The van der Waals surface area contributed by atoms with Gasteiger partial charge in [0.05, 0.1) is 7.05 Å². The van der Waals surface area contributed by atoms with Gasteiger partial charge in [-0.3, -0.25) is 4.79 Å². The Hall–Kier alpha value is -2.38. The normalized spacial score (nSPS) is 11.2. The van der Waals surface area contributed by atoms with E-state index in [9.17, 15) is 24.8 Å². The summed E-state index contributed by atoms with van der Waals surface area (Å²) in [6.45, 7) is 3.32. The number of carboxylic acids is 1. The van der Waals surface area contributed by atoms with Gasteiger partial charge in [-0.2, -0.15) is 0 Å². The van der Waals surface area contributed by atoms with Crippen molar-refractivity contribution in [2.24, 2.45) is 7.05 Å². The summed E-state index contributed by atoms with van der Waals surface area (Å²) in [7, 11) is 1.38. The number of amides is 1. The van der Waals surface area contributed by atoms with Crippen LogP contribution >= 0.6 is 0 Å². The number of aliphatic carboxylic acids is 1. The molecule has 0 saturated heterocycles. The second-order valence-corrected chi connectivity index (χ2v) is 4.44. The van der Waals surface area contributed by atoms with E-state index in [1.54, 1.807) is 13.8 Å². The number of carbonyl (C=O) groups is 2. The molecule has 0 aliphatic carbocycles. The topological polar surface area (TPSA) is 114 Å². The summed E-state index contributed by atoms with van der Waals surface area (Å²) in [5.41, 5.74) is -1.32. The van der Waals surface area contributed by atoms with Crippen molar-refractivity contribution in [3.05, 3.63) is 27.9 Å². The van der Waals surface area contributed by atoms with E-state index in [0.717, 1.165) is 4.57 Å². The Morgan fingerprint density at radius 1 is 1.40 bits per heavy atom. The Morgan fingerprint density at radius 3 is 2.30 bits per heavy atom. The molecule has 1 aromatic heterocycles. The molecular formula is C12H17N3O5. The van der Waals surface area contributed by atoms with Crippen LogP contribution in [0.25, 0.3) is 0 Å². The van der Waals surface area contributed by atoms with E-state index in [4.69, 9.17) is 0 Å². The molecule has 0 aromatic carbocycles. The number of hydrogen-bond acceptors (Lipinski definition) is 4. The average molecular weight is 283 g/mol. The maximum absolute atomic E-state index is 12.1. The van der Waals surface area contributed by atoms with Gasteiger partial charge in [0.2, 0.25) is 0 Å². The van der Waals surface area contributed by atoms with Gasteiger partial charge >= 0.3 is 11.8 Å². The molecule has 0 unspecified atom stereocenters. The number of nitrogens with zero attached hydrogens (tertiary/aromatic N) is 2. The summed E-state index contributed by atoms with van der Waals surface area (Å²) in [4.78, 5) is 33.6. The molecule has 2 N–H and O–H groups in total. The highest BCUT2D eigenvalue weighted by Gasteiger charge is 2.38. The Bertz CT molecular complexity index is 545. The lowest BCUT2D eigenvalue weighted by Crippen LogP contribution is -2.54. The summed E-state index contributed by atoms with van der Waals surface area (Å²) in [5, 5.41) is 22.4. The van der Waals surface area contributed by atoms with E-state index in [2.05, 4.69) is 5.32 Å². The van der Waals surface area contributed by atoms with Gasteiger partial charge in [0.1, 0.15) is 5.54 Å². The van der Waals surface area contributed by atoms with Crippen LogP contribution < -0.4 is 5.32 Å². The summed E-state index contributed by atoms with van der Waals surface area (Å²) in [6.07, 6.45) is 0.439. The summed E-state index contributed by atoms with van der Waals surface area (Å²) < 4.78 is 1.12. The molecule has 8 heteroatoms. The number of aromatic nitrogens is 1. The fourth-order valence-electron chi connectivity index (χ4n) is 1.98. The van der Waals surface area contributed by atoms with Crippen molar-refractivity contribution in [1.82, 2.24) is 9.88 Å². The third kappa shape index (κ3) is 2.63. The van der Waals surface area contributed by atoms with Crippen LogP contribution in [0.15, 0.2) is 12.1 Å². The number of nitro groups is 1. The molecule has 1 rings (SSSR count). The van der Waals surface area contributed by atoms with Crippen molar-refractivity contribution in [2.45, 2.75) is 32.2 Å². The maximum atomic E-state index is 12.1. The van der Waals surface area contributed by atoms with Gasteiger partial charge in [0.15, 0.2) is 5.69 Å². The number of nitrogens with one attached hydrogen (secondary N) is 1. The number of carbonyl (C=O) groups excluding carboxylic acids is 1. The minimum Gasteiger partial charge on any atom is -0.480 e. The number of rotatable bonds is 6. The number of carboxylic acid groups (broad SMARTS) is 1. The predicted molar refractivity (Wildman–Crippen MR) is 70.5 cm³/mol. The first-order valence-corrected chi connectivity index (χ1v) is 6.15. The van der Waals surface area contributed by atoms with Crippen LogP contribution in [-0.4, -0.2) is 32.0 Å². The minimum atomic E-state index is -1.36. The van der Waals surface area contributed by atoms with E-state index in [1.807, 2.05) is 0 Å². The van der Waals surface area contributed by atoms with Crippen LogP contribution in [0.5, 0.6) is 0 Å². The number of hydrogen-bond donors (Lipinski definition) is 2. The monoisotopic (exact) mass is 283 g/mol. The van der Waals surface area contributed by atoms with Gasteiger partial charge in [0.25, 0.3) is 5.91 Å². The van der Waals surface area contributed by atoms with Gasteiger partial charge in [0, 0.05) is 6.07 Å². The fraction of sp³-hybridized carbons (Fsp3) is 0.500. The molecule has 8 nitrogen and oxygen atoms in total. The lowest BCUT2D eigenvalue weighted by molar-refractivity contribution is -0.391. The van der Waals surface area contributed by atoms with E-state index in [-0.39, 0.29) is 24.4 Å². The summed E-state index contributed by atoms with van der Waals surface area (Å²) in [6, 6.07) is 2.50. The second kappa shape index (κ2) is 5.72. The lowest BCUT2D eigenvalue weighted by atomic mass is 9.93. The Balaban J connectivity index is 3.07. The first kappa shape index (κ1) is 15.7. The SMILES string of the molecule is CCC(CC)(NC(=O)c1ccc([N+](=O)[O-])n1C)C(=O)O. The molecule has 20 heavy (non-hydrogen) atoms. The fourth-order valence-corrected chi connectivity index (χ4v) is 1.98. The molecule has 110 valence electrons. The molecule has 0 spiro atoms. The van der Waals surface area contributed by atoms with Gasteiger partial charge in [-0.1, -0.05) is 13.8 Å². The first-order valence-electron chi connectivity index (χ1n) is 6.15. The highest BCUT2D eigenvalue weighted by molar-refractivity contribution is 5.97. The Morgan fingerprint density at radius 2 is 1.95 bits per heavy atom. The maximum Gasteiger partial charge on any atom is 0.329 e. The highest BCUT2D eigenvalue weighted by Crippen LogP contribution is 2.19. The third-order valence-electron chi connectivity index (χ3n) is 3.48. The van der Waals surface area contributed by atoms with Gasteiger partial charge in [-0.25, -0.2) is 9.36 Å². The van der Waals surface area contributed by atoms with Crippen LogP contribution in [0, 0.1) is 10.1 Å². The van der Waals surface area contributed by atoms with Gasteiger partial charge in [-0.05, 0) is 23.8 Å². The van der Waals surface area contributed by atoms with Crippen molar-refractivity contribution in [1.29, 1.82) is 0 Å². The standard InChI is InChI=1S/C12H17N3O5/c1-4-12(5-2,11(17)18)13-10(16)8-6-7-9(14(8)3)15(19)20/h6-7H,4-5H2,1-3H3,(H,13,16)(H,17,18). The average Bonchev–Trinajstić information content (AvgIpc) is 2.77. The predicted octanol–water partition coefficient (Wildman–Crippen LogP) is 1.31. The van der Waals surface area contributed by atoms with E-state index < -0.39 is 22.3 Å². The van der Waals surface area contributed by atoms with Crippen LogP contribution in [0.4, 0.5) is 5.82 Å². The van der Waals surface area contributed by atoms with Crippen LogP contribution in [0.1, 0.15) is 37.2 Å². The van der Waals surface area contributed by atoms with Crippen molar-refractivity contribution in [3.8, 4) is 0 Å². The molecule has 0 aliphatic rings. The molecule has 1 heterocycles. The van der Waals surface area contributed by atoms with Crippen molar-refractivity contribution in [3.63, 3.8) is 0 Å². The van der Waals surface area contributed by atoms with Crippen LogP contribution in [0.3, 0.4) is 0 Å². The van der Waals surface area contributed by atoms with Crippen LogP contribution in [0.2, 0.25) is 0 Å². The smallest absolute Gasteiger partial charge is 0.329 e. The van der Waals surface area contributed by atoms with Crippen LogP contribution in [-0.2, 0) is 11.8 Å². The van der Waals surface area contributed by atoms with E-state index in [0.29, 0.717) is 0 Å². The molecular weight excluding hydrogens is 266 g/mol. The van der Waals surface area contributed by atoms with Crippen molar-refractivity contribution < 1.29 is 19.6 Å². The Kier molecular flexibility index (Phi) is 4.49. The molecule has 1 aromatic rings. The largest absolute Gasteiger partial charge is 0.480 e. The zero-order valence-corrected chi connectivity index (χ0v) is 11.5. The molecule has 0 radical (unpaired) electrons. The molecule has 1 amide bonds. The Labute approximate surface area is 115 Å². The molecule has 0 atom stereocenters. The van der Waals surface area contributed by atoms with Crippen molar-refractivity contribution >= 4 is 17.7 Å². The second-order valence-electron chi connectivity index (χ2n) is 4.44. The lowest BCUT2D eigenvalue weighted by Gasteiger charge is -2.27. The quantitative estimate of drug-likeness (QED) is 0.603. The summed E-state index contributed by atoms with van der Waals surface area (Å²) >= 11 is 0. The highest BCUT2D eigenvalue weighted by atomic mass is 16.6. The van der Waals surface area contributed by atoms with E-state index >= 15 is 0 Å². The zero-order valence-electron chi connectivity index (χ0n) is 11.5. The minimum absolute atomic E-state index is 0.0456. The van der Waals surface area contributed by atoms with E-state index in [1.165, 1.54) is 19.2 Å². The first-order chi connectivity index (χ1) is 9.29. The third-order valence-corrected chi connectivity index (χ3v) is 3.48. The zero-order chi connectivity index (χ0) is 15.5. The molecule has 0 aliphatic heterocycles. The van der Waals surface area contributed by atoms with Crippen molar-refractivity contribution in [2.75, 3.05) is 0 Å². The van der Waals surface area contributed by atoms with Gasteiger partial charge in [-0.15, -0.1) is 0 Å². The van der Waals surface area contributed by atoms with Gasteiger partial charge < -0.3 is 20.5 Å². The molecule has 0 saturated carbocycles. The molecule has 0 fully saturated rings. The summed E-state index contributed by atoms with van der Waals surface area (Å²) in [5.74, 6) is -2.00. The molecule has 0 bridgehead atoms.